The highest BCUT2D eigenvalue weighted by Crippen LogP contribution is 2.24. The fourth-order valence-corrected chi connectivity index (χ4v) is 4.10. The normalized spacial score (nSPS) is 21.3. The van der Waals surface area contributed by atoms with Gasteiger partial charge in [0.15, 0.2) is 0 Å². The summed E-state index contributed by atoms with van der Waals surface area (Å²) >= 11 is 1.53. The van der Waals surface area contributed by atoms with Crippen molar-refractivity contribution in [3.8, 4) is 0 Å². The van der Waals surface area contributed by atoms with Gasteiger partial charge < -0.3 is 4.90 Å². The quantitative estimate of drug-likeness (QED) is 0.832. The minimum absolute atomic E-state index is 0.0115. The van der Waals surface area contributed by atoms with Crippen LogP contribution in [0.2, 0.25) is 0 Å². The zero-order chi connectivity index (χ0) is 17.3. The van der Waals surface area contributed by atoms with Crippen LogP contribution in [0.4, 0.5) is 4.39 Å². The molecule has 0 saturated carbocycles. The zero-order valence-electron chi connectivity index (χ0n) is 14.3. The van der Waals surface area contributed by atoms with Crippen LogP contribution in [-0.4, -0.2) is 57.8 Å². The molecular formula is C17H23FN4OS. The summed E-state index contributed by atoms with van der Waals surface area (Å²) in [5.74, 6) is 0.0115. The topological polar surface area (TPSA) is 41.4 Å². The Balaban J connectivity index is 1.65. The van der Waals surface area contributed by atoms with E-state index in [0.29, 0.717) is 26.1 Å². The first-order chi connectivity index (χ1) is 11.4. The molecule has 0 radical (unpaired) electrons. The van der Waals surface area contributed by atoms with Crippen molar-refractivity contribution in [1.29, 1.82) is 0 Å². The maximum atomic E-state index is 14.0. The lowest BCUT2D eigenvalue weighted by atomic mass is 10.1. The van der Waals surface area contributed by atoms with Crippen LogP contribution in [0.3, 0.4) is 0 Å². The Morgan fingerprint density at radius 1 is 1.50 bits per heavy atom. The number of alkyl halides is 1. The van der Waals surface area contributed by atoms with Crippen LogP contribution < -0.4 is 0 Å². The number of likely N-dealkylation sites (N-methyl/N-ethyl adjacent to an activating group) is 1. The largest absolute Gasteiger partial charge is 0.340 e. The van der Waals surface area contributed by atoms with Crippen molar-refractivity contribution in [2.45, 2.75) is 32.1 Å². The van der Waals surface area contributed by atoms with Gasteiger partial charge in [0, 0.05) is 56.9 Å². The summed E-state index contributed by atoms with van der Waals surface area (Å²) in [5.41, 5.74) is 2.81. The number of rotatable bonds is 5. The average Bonchev–Trinajstić information content (AvgIpc) is 3.21. The highest BCUT2D eigenvalue weighted by atomic mass is 32.1. The third kappa shape index (κ3) is 3.67. The predicted molar refractivity (Wildman–Crippen MR) is 92.9 cm³/mol. The molecule has 24 heavy (non-hydrogen) atoms. The van der Waals surface area contributed by atoms with Crippen molar-refractivity contribution in [2.24, 2.45) is 7.05 Å². The van der Waals surface area contributed by atoms with Gasteiger partial charge in [-0.25, -0.2) is 4.39 Å². The summed E-state index contributed by atoms with van der Waals surface area (Å²) in [6.07, 6.45) is 3.40. The van der Waals surface area contributed by atoms with Crippen LogP contribution in [0.5, 0.6) is 0 Å². The van der Waals surface area contributed by atoms with Gasteiger partial charge in [0.25, 0.3) is 5.91 Å². The Kier molecular flexibility index (Phi) is 5.01. The molecular weight excluding hydrogens is 327 g/mol. The molecule has 0 aliphatic carbocycles. The van der Waals surface area contributed by atoms with Gasteiger partial charge in [0.2, 0.25) is 0 Å². The number of carbonyl (C=O) groups is 1. The molecule has 1 aliphatic heterocycles. The molecule has 0 spiro atoms. The Bertz CT molecular complexity index is 713. The van der Waals surface area contributed by atoms with E-state index in [2.05, 4.69) is 10.00 Å². The van der Waals surface area contributed by atoms with Gasteiger partial charge in [-0.1, -0.05) is 0 Å². The van der Waals surface area contributed by atoms with Crippen LogP contribution in [0, 0.1) is 6.92 Å². The number of carbonyl (C=O) groups excluding carboxylic acids is 1. The molecule has 5 nitrogen and oxygen atoms in total. The second-order valence-electron chi connectivity index (χ2n) is 6.59. The summed E-state index contributed by atoms with van der Waals surface area (Å²) in [5, 5.41) is 8.03. The Hall–Kier alpha value is -1.73. The minimum Gasteiger partial charge on any atom is -0.340 e. The number of halogens is 1. The second-order valence-corrected chi connectivity index (χ2v) is 7.34. The molecule has 7 heteroatoms. The number of aromatic nitrogens is 2. The molecule has 0 aromatic carbocycles. The highest BCUT2D eigenvalue weighted by molar-refractivity contribution is 7.08. The zero-order valence-corrected chi connectivity index (χ0v) is 15.1. The number of hydrogen-bond acceptors (Lipinski definition) is 4. The maximum absolute atomic E-state index is 14.0. The number of nitrogens with zero attached hydrogens (tertiary/aromatic N) is 4. The highest BCUT2D eigenvalue weighted by Gasteiger charge is 2.33. The molecule has 0 bridgehead atoms. The molecule has 130 valence electrons. The summed E-state index contributed by atoms with van der Waals surface area (Å²) in [6.45, 7) is 3.56. The summed E-state index contributed by atoms with van der Waals surface area (Å²) in [4.78, 5) is 16.4. The molecule has 0 N–H and O–H groups in total. The second kappa shape index (κ2) is 7.03. The number of likely N-dealkylation sites (tertiary alicyclic amines) is 1. The van der Waals surface area contributed by atoms with E-state index >= 15 is 0 Å². The van der Waals surface area contributed by atoms with Crippen LogP contribution in [-0.2, 0) is 13.6 Å². The molecule has 2 aromatic rings. The lowest BCUT2D eigenvalue weighted by Crippen LogP contribution is -2.41. The number of thiophene rings is 1. The molecule has 1 amide bonds. The van der Waals surface area contributed by atoms with E-state index in [0.717, 1.165) is 16.7 Å². The fourth-order valence-electron chi connectivity index (χ4n) is 3.28. The van der Waals surface area contributed by atoms with Gasteiger partial charge in [-0.2, -0.15) is 16.4 Å². The average molecular weight is 350 g/mol. The molecule has 1 fully saturated rings. The van der Waals surface area contributed by atoms with Gasteiger partial charge in [-0.3, -0.25) is 14.4 Å². The van der Waals surface area contributed by atoms with Crippen molar-refractivity contribution in [3.05, 3.63) is 39.8 Å². The number of hydrogen-bond donors (Lipinski definition) is 0. The molecule has 1 saturated heterocycles. The molecule has 3 heterocycles. The molecule has 3 rings (SSSR count). The Labute approximate surface area is 145 Å². The van der Waals surface area contributed by atoms with E-state index in [-0.39, 0.29) is 11.9 Å². The SMILES string of the molecule is Cc1cscc1C(=O)N(C)C[C@@H]1C[C@H](F)CN1Cc1cnn(C)c1. The molecule has 1 aliphatic rings. The van der Waals surface area contributed by atoms with E-state index in [1.807, 2.05) is 37.1 Å². The Morgan fingerprint density at radius 2 is 2.29 bits per heavy atom. The van der Waals surface area contributed by atoms with Gasteiger partial charge in [-0.15, -0.1) is 0 Å². The van der Waals surface area contributed by atoms with Gasteiger partial charge in [-0.05, 0) is 24.3 Å². The van der Waals surface area contributed by atoms with E-state index in [4.69, 9.17) is 0 Å². The first kappa shape index (κ1) is 17.1. The summed E-state index contributed by atoms with van der Waals surface area (Å²) in [7, 11) is 3.67. The van der Waals surface area contributed by atoms with Crippen LogP contribution in [0.15, 0.2) is 23.2 Å². The maximum Gasteiger partial charge on any atom is 0.254 e. The number of amides is 1. The molecule has 2 atom stereocenters. The summed E-state index contributed by atoms with van der Waals surface area (Å²) in [6, 6.07) is 0.0353. The van der Waals surface area contributed by atoms with Crippen molar-refractivity contribution in [1.82, 2.24) is 19.6 Å². The van der Waals surface area contributed by atoms with E-state index < -0.39 is 6.17 Å². The van der Waals surface area contributed by atoms with Gasteiger partial charge >= 0.3 is 0 Å². The fraction of sp³-hybridized carbons (Fsp3) is 0.529. The van der Waals surface area contributed by atoms with Gasteiger partial charge in [0.1, 0.15) is 6.17 Å². The predicted octanol–water partition coefficient (Wildman–Crippen LogP) is 2.47. The Morgan fingerprint density at radius 3 is 2.92 bits per heavy atom. The smallest absolute Gasteiger partial charge is 0.254 e. The van der Waals surface area contributed by atoms with E-state index in [1.165, 1.54) is 11.3 Å². The van der Waals surface area contributed by atoms with Crippen molar-refractivity contribution in [2.75, 3.05) is 20.1 Å². The summed E-state index contributed by atoms with van der Waals surface area (Å²) < 4.78 is 15.7. The third-order valence-corrected chi connectivity index (χ3v) is 5.40. The van der Waals surface area contributed by atoms with Crippen LogP contribution >= 0.6 is 11.3 Å². The van der Waals surface area contributed by atoms with Crippen LogP contribution in [0.1, 0.15) is 27.9 Å². The van der Waals surface area contributed by atoms with Crippen molar-refractivity contribution >= 4 is 17.2 Å². The van der Waals surface area contributed by atoms with Gasteiger partial charge in [0.05, 0.1) is 11.8 Å². The monoisotopic (exact) mass is 350 g/mol. The molecule has 2 aromatic heterocycles. The van der Waals surface area contributed by atoms with E-state index in [9.17, 15) is 9.18 Å². The van der Waals surface area contributed by atoms with Crippen molar-refractivity contribution in [3.63, 3.8) is 0 Å². The standard InChI is InChI=1S/C17H23FN4OS/c1-12-10-24-11-16(12)17(23)20(2)9-15-4-14(18)8-22(15)7-13-5-19-21(3)6-13/h5-6,10-11,14-15H,4,7-9H2,1-3H3/t14-,15-/m0/s1. The lowest BCUT2D eigenvalue weighted by molar-refractivity contribution is 0.0749. The first-order valence-electron chi connectivity index (χ1n) is 8.08. The third-order valence-electron chi connectivity index (χ3n) is 4.54. The first-order valence-corrected chi connectivity index (χ1v) is 9.02. The lowest BCUT2D eigenvalue weighted by Gasteiger charge is -2.28. The number of aryl methyl sites for hydroxylation is 2. The van der Waals surface area contributed by atoms with E-state index in [1.54, 1.807) is 16.6 Å². The van der Waals surface area contributed by atoms with Crippen LogP contribution in [0.25, 0.3) is 0 Å². The minimum atomic E-state index is -0.835. The molecule has 0 unspecified atom stereocenters. The van der Waals surface area contributed by atoms with Crippen molar-refractivity contribution < 1.29 is 9.18 Å².